The predicted molar refractivity (Wildman–Crippen MR) is 169 cm³/mol. The van der Waals surface area contributed by atoms with Crippen molar-refractivity contribution < 1.29 is 9.59 Å². The van der Waals surface area contributed by atoms with E-state index in [1.165, 1.54) is 43.2 Å². The number of likely N-dealkylation sites (tertiary alicyclic amines) is 1. The summed E-state index contributed by atoms with van der Waals surface area (Å²) >= 11 is 0. The van der Waals surface area contributed by atoms with E-state index in [1.54, 1.807) is 0 Å². The van der Waals surface area contributed by atoms with Crippen LogP contribution in [0.2, 0.25) is 0 Å². The average molecular weight is 607 g/mol. The highest BCUT2D eigenvalue weighted by atomic mass is 35.5. The van der Waals surface area contributed by atoms with Crippen LogP contribution < -0.4 is 5.32 Å². The smallest absolute Gasteiger partial charge is 0.246 e. The largest absolute Gasteiger partial charge is 0.342 e. The molecule has 9 heteroatoms. The molecule has 1 saturated carbocycles. The molecule has 41 heavy (non-hydrogen) atoms. The van der Waals surface area contributed by atoms with Crippen molar-refractivity contribution >= 4 is 36.6 Å². The van der Waals surface area contributed by atoms with Crippen molar-refractivity contribution in [1.29, 1.82) is 0 Å². The number of nitrogens with zero attached hydrogens (tertiary/aromatic N) is 4. The number of aromatic nitrogens is 2. The second-order valence-corrected chi connectivity index (χ2v) is 12.3. The molecule has 228 valence electrons. The van der Waals surface area contributed by atoms with Crippen LogP contribution in [0.5, 0.6) is 0 Å². The normalized spacial score (nSPS) is 21.4. The van der Waals surface area contributed by atoms with Crippen LogP contribution in [0.1, 0.15) is 93.6 Å². The molecule has 0 bridgehead atoms. The van der Waals surface area contributed by atoms with Crippen molar-refractivity contribution in [3.05, 3.63) is 46.8 Å². The number of carbonyl (C=O) groups excluding carboxylic acids is 2. The molecule has 1 aromatic heterocycles. The van der Waals surface area contributed by atoms with Gasteiger partial charge in [-0.1, -0.05) is 63.1 Å². The Hall–Kier alpha value is -2.09. The number of unbranched alkanes of at least 4 members (excludes halogenated alkanes) is 1. The molecule has 1 aliphatic carbocycles. The van der Waals surface area contributed by atoms with Crippen LogP contribution in [-0.4, -0.2) is 62.6 Å². The van der Waals surface area contributed by atoms with Crippen LogP contribution in [0.15, 0.2) is 24.3 Å². The molecule has 1 unspecified atom stereocenters. The summed E-state index contributed by atoms with van der Waals surface area (Å²) in [6.45, 7) is 11.6. The standard InChI is InChI=1S/C32H47N5O2.2ClH/c1-5-6-18-36-30(38)29(21-26-10-8-7-9-11-26)33-31(39)32(36)16-19-35(20-17-32)22-28-24(3)34-37(25(28)4)27-14-12-23(2)13-15-27;;/h12-15,26,29H,5-11,16-22H2,1-4H3,(H,33,39);2*1H. The van der Waals surface area contributed by atoms with Crippen LogP contribution in [-0.2, 0) is 16.1 Å². The lowest BCUT2D eigenvalue weighted by Crippen LogP contribution is -2.73. The van der Waals surface area contributed by atoms with Crippen LogP contribution in [0.25, 0.3) is 5.69 Å². The fourth-order valence-electron chi connectivity index (χ4n) is 7.08. The predicted octanol–water partition coefficient (Wildman–Crippen LogP) is 6.07. The lowest BCUT2D eigenvalue weighted by Gasteiger charge is -2.52. The Morgan fingerprint density at radius 1 is 0.976 bits per heavy atom. The van der Waals surface area contributed by atoms with E-state index in [9.17, 15) is 9.59 Å². The van der Waals surface area contributed by atoms with Gasteiger partial charge in [-0.05, 0) is 64.5 Å². The number of carbonyl (C=O) groups is 2. The summed E-state index contributed by atoms with van der Waals surface area (Å²) in [6.07, 6.45) is 10.3. The number of nitrogens with one attached hydrogen (secondary N) is 1. The van der Waals surface area contributed by atoms with E-state index in [4.69, 9.17) is 5.10 Å². The number of benzene rings is 1. The first-order chi connectivity index (χ1) is 18.8. The SMILES string of the molecule is CCCCN1C(=O)C(CC2CCCCC2)NC(=O)C12CCN(Cc1c(C)nn(-c3ccc(C)cc3)c1C)CC2.Cl.Cl. The van der Waals surface area contributed by atoms with Crippen LogP contribution in [0.4, 0.5) is 0 Å². The van der Waals surface area contributed by atoms with E-state index < -0.39 is 5.54 Å². The Labute approximate surface area is 258 Å². The van der Waals surface area contributed by atoms with Gasteiger partial charge >= 0.3 is 0 Å². The number of hydrogen-bond donors (Lipinski definition) is 1. The highest BCUT2D eigenvalue weighted by molar-refractivity contribution is 6.00. The zero-order chi connectivity index (χ0) is 27.6. The summed E-state index contributed by atoms with van der Waals surface area (Å²) < 4.78 is 2.04. The molecule has 3 heterocycles. The molecule has 1 aromatic carbocycles. The summed E-state index contributed by atoms with van der Waals surface area (Å²) in [5, 5.41) is 8.08. The first-order valence-electron chi connectivity index (χ1n) is 15.3. The third kappa shape index (κ3) is 6.94. The molecular formula is C32H49Cl2N5O2. The molecule has 1 N–H and O–H groups in total. The van der Waals surface area contributed by atoms with E-state index in [1.807, 2.05) is 9.58 Å². The number of hydrogen-bond acceptors (Lipinski definition) is 4. The summed E-state index contributed by atoms with van der Waals surface area (Å²) in [7, 11) is 0. The van der Waals surface area contributed by atoms with E-state index in [-0.39, 0.29) is 42.7 Å². The van der Waals surface area contributed by atoms with Gasteiger partial charge in [-0.2, -0.15) is 5.10 Å². The number of rotatable bonds is 8. The topological polar surface area (TPSA) is 70.5 Å². The van der Waals surface area contributed by atoms with Crippen LogP contribution in [0, 0.1) is 26.7 Å². The molecule has 2 amide bonds. The van der Waals surface area contributed by atoms with Crippen LogP contribution >= 0.6 is 24.8 Å². The Bertz CT molecular complexity index is 1170. The lowest BCUT2D eigenvalue weighted by molar-refractivity contribution is -0.162. The van der Waals surface area contributed by atoms with Gasteiger partial charge in [0.25, 0.3) is 0 Å². The van der Waals surface area contributed by atoms with Gasteiger partial charge in [0.15, 0.2) is 0 Å². The summed E-state index contributed by atoms with van der Waals surface area (Å²) in [4.78, 5) is 32.0. The van der Waals surface area contributed by atoms with E-state index in [2.05, 4.69) is 62.2 Å². The Morgan fingerprint density at radius 3 is 2.27 bits per heavy atom. The zero-order valence-electron chi connectivity index (χ0n) is 25.3. The van der Waals surface area contributed by atoms with Gasteiger partial charge in [0.05, 0.1) is 11.4 Å². The highest BCUT2D eigenvalue weighted by Crippen LogP contribution is 2.36. The quantitative estimate of drug-likeness (QED) is 0.396. The minimum atomic E-state index is -0.706. The molecule has 1 spiro atoms. The summed E-state index contributed by atoms with van der Waals surface area (Å²) in [6, 6.07) is 8.13. The molecule has 3 fully saturated rings. The first-order valence-corrected chi connectivity index (χ1v) is 15.3. The van der Waals surface area contributed by atoms with Gasteiger partial charge in [-0.3, -0.25) is 14.5 Å². The second-order valence-electron chi connectivity index (χ2n) is 12.3. The van der Waals surface area contributed by atoms with E-state index >= 15 is 0 Å². The molecule has 7 nitrogen and oxygen atoms in total. The minimum absolute atomic E-state index is 0. The van der Waals surface area contributed by atoms with Gasteiger partial charge in [0.1, 0.15) is 11.6 Å². The summed E-state index contributed by atoms with van der Waals surface area (Å²) in [5.41, 5.74) is 5.08. The van der Waals surface area contributed by atoms with Gasteiger partial charge in [0, 0.05) is 37.4 Å². The fourth-order valence-corrected chi connectivity index (χ4v) is 7.08. The maximum Gasteiger partial charge on any atom is 0.246 e. The number of halogens is 2. The van der Waals surface area contributed by atoms with Gasteiger partial charge < -0.3 is 10.2 Å². The highest BCUT2D eigenvalue weighted by Gasteiger charge is 2.53. The number of aryl methyl sites for hydroxylation is 2. The second kappa shape index (κ2) is 14.4. The average Bonchev–Trinajstić information content (AvgIpc) is 3.22. The molecule has 5 rings (SSSR count). The number of piperidine rings is 1. The molecule has 2 saturated heterocycles. The number of amides is 2. The molecule has 1 atom stereocenters. The molecule has 3 aliphatic rings. The van der Waals surface area contributed by atoms with Crippen molar-refractivity contribution in [3.8, 4) is 5.69 Å². The molecule has 0 radical (unpaired) electrons. The van der Waals surface area contributed by atoms with Crippen molar-refractivity contribution in [2.45, 2.75) is 110 Å². The Kier molecular flexibility index (Phi) is 11.7. The maximum absolute atomic E-state index is 13.8. The van der Waals surface area contributed by atoms with Gasteiger partial charge in [0.2, 0.25) is 11.8 Å². The van der Waals surface area contributed by atoms with Crippen molar-refractivity contribution in [2.75, 3.05) is 19.6 Å². The van der Waals surface area contributed by atoms with E-state index in [0.717, 1.165) is 56.0 Å². The van der Waals surface area contributed by atoms with Gasteiger partial charge in [-0.25, -0.2) is 4.68 Å². The van der Waals surface area contributed by atoms with Crippen LogP contribution in [0.3, 0.4) is 0 Å². The first kappa shape index (κ1) is 33.4. The fraction of sp³-hybridized carbons (Fsp3) is 0.656. The molecular weight excluding hydrogens is 557 g/mol. The van der Waals surface area contributed by atoms with Crippen molar-refractivity contribution in [2.24, 2.45) is 5.92 Å². The minimum Gasteiger partial charge on any atom is -0.342 e. The monoisotopic (exact) mass is 605 g/mol. The Morgan fingerprint density at radius 2 is 1.63 bits per heavy atom. The Balaban J connectivity index is 0.00000231. The van der Waals surface area contributed by atoms with Gasteiger partial charge in [-0.15, -0.1) is 24.8 Å². The number of piperazine rings is 1. The molecule has 2 aliphatic heterocycles. The zero-order valence-corrected chi connectivity index (χ0v) is 26.9. The maximum atomic E-state index is 13.8. The van der Waals surface area contributed by atoms with Crippen molar-refractivity contribution in [1.82, 2.24) is 24.9 Å². The summed E-state index contributed by atoms with van der Waals surface area (Å²) in [5.74, 6) is 0.801. The lowest BCUT2D eigenvalue weighted by atomic mass is 9.79. The third-order valence-electron chi connectivity index (χ3n) is 9.62. The van der Waals surface area contributed by atoms with Crippen molar-refractivity contribution in [3.63, 3.8) is 0 Å². The molecule has 2 aromatic rings. The van der Waals surface area contributed by atoms with E-state index in [0.29, 0.717) is 25.3 Å². The third-order valence-corrected chi connectivity index (χ3v) is 9.62.